The van der Waals surface area contributed by atoms with Crippen molar-refractivity contribution in [3.63, 3.8) is 0 Å². The molecule has 0 saturated heterocycles. The molecule has 0 atom stereocenters. The Morgan fingerprint density at radius 3 is 2.60 bits per heavy atom. The second-order valence-electron chi connectivity index (χ2n) is 6.72. The summed E-state index contributed by atoms with van der Waals surface area (Å²) in [6.07, 6.45) is 1.69. The highest BCUT2D eigenvalue weighted by molar-refractivity contribution is 6.08. The van der Waals surface area contributed by atoms with Gasteiger partial charge < -0.3 is 15.2 Å². The molecule has 2 amide bonds. The fourth-order valence-electron chi connectivity index (χ4n) is 2.36. The van der Waals surface area contributed by atoms with E-state index in [1.807, 2.05) is 20.8 Å². The Morgan fingerprint density at radius 1 is 1.20 bits per heavy atom. The molecule has 0 saturated carbocycles. The summed E-state index contributed by atoms with van der Waals surface area (Å²) in [5.74, 6) is 0.194. The van der Waals surface area contributed by atoms with Gasteiger partial charge in [-0.25, -0.2) is 4.98 Å². The highest BCUT2D eigenvalue weighted by Crippen LogP contribution is 2.16. The number of hydrogen-bond acceptors (Lipinski definition) is 5. The number of fused-ring (bicyclic) bond motifs is 1. The Kier molecular flexibility index (Phi) is 4.03. The van der Waals surface area contributed by atoms with Gasteiger partial charge in [-0.3, -0.25) is 14.0 Å². The summed E-state index contributed by atoms with van der Waals surface area (Å²) in [6.45, 7) is 7.35. The van der Waals surface area contributed by atoms with Crippen molar-refractivity contribution < 1.29 is 14.1 Å². The first-order valence-corrected chi connectivity index (χ1v) is 7.79. The predicted molar refractivity (Wildman–Crippen MR) is 91.6 cm³/mol. The van der Waals surface area contributed by atoms with Crippen molar-refractivity contribution >= 4 is 23.1 Å². The number of amides is 2. The van der Waals surface area contributed by atoms with Crippen LogP contribution >= 0.6 is 0 Å². The molecule has 0 aromatic carbocycles. The molecule has 3 aromatic heterocycles. The van der Waals surface area contributed by atoms with Gasteiger partial charge in [0.2, 0.25) is 5.82 Å². The minimum absolute atomic E-state index is 0.139. The third-order valence-corrected chi connectivity index (χ3v) is 3.32. The third kappa shape index (κ3) is 3.52. The van der Waals surface area contributed by atoms with Gasteiger partial charge in [-0.2, -0.15) is 0 Å². The smallest absolute Gasteiger partial charge is 0.288 e. The highest BCUT2D eigenvalue weighted by Gasteiger charge is 2.24. The Balaban J connectivity index is 1.98. The molecule has 0 fully saturated rings. The molecule has 0 spiro atoms. The number of nitrogens with one attached hydrogen (secondary N) is 2. The standard InChI is InChI=1S/C17H19N5O3/c1-10-9-12(21-25-10)18-15(23)13-11-7-5-6-8-22(11)14(19-13)16(24)20-17(2,3)4/h5-9H,1-4H3,(H,20,24)(H,18,21,23). The van der Waals surface area contributed by atoms with Crippen LogP contribution in [-0.4, -0.2) is 31.9 Å². The normalized spacial score (nSPS) is 11.5. The molecular formula is C17H19N5O3. The van der Waals surface area contributed by atoms with Crippen molar-refractivity contribution in [2.24, 2.45) is 0 Å². The maximum Gasteiger partial charge on any atom is 0.288 e. The zero-order valence-corrected chi connectivity index (χ0v) is 14.5. The number of nitrogens with zero attached hydrogens (tertiary/aromatic N) is 3. The van der Waals surface area contributed by atoms with Gasteiger partial charge in [-0.05, 0) is 39.8 Å². The third-order valence-electron chi connectivity index (χ3n) is 3.32. The zero-order chi connectivity index (χ0) is 18.2. The quantitative estimate of drug-likeness (QED) is 0.762. The number of aryl methyl sites for hydroxylation is 1. The average Bonchev–Trinajstić information content (AvgIpc) is 3.09. The van der Waals surface area contributed by atoms with Crippen LogP contribution in [0.25, 0.3) is 5.52 Å². The first-order valence-electron chi connectivity index (χ1n) is 7.79. The molecule has 0 bridgehead atoms. The van der Waals surface area contributed by atoms with E-state index < -0.39 is 11.4 Å². The van der Waals surface area contributed by atoms with E-state index >= 15 is 0 Å². The van der Waals surface area contributed by atoms with E-state index in [9.17, 15) is 9.59 Å². The minimum Gasteiger partial charge on any atom is -0.360 e. The van der Waals surface area contributed by atoms with Crippen molar-refractivity contribution in [3.05, 3.63) is 47.7 Å². The molecule has 130 valence electrons. The van der Waals surface area contributed by atoms with Gasteiger partial charge in [0.25, 0.3) is 11.8 Å². The lowest BCUT2D eigenvalue weighted by molar-refractivity contribution is 0.0908. The number of anilines is 1. The van der Waals surface area contributed by atoms with Gasteiger partial charge in [-0.1, -0.05) is 11.2 Å². The number of hydrogen-bond donors (Lipinski definition) is 2. The number of aromatic nitrogens is 3. The van der Waals surface area contributed by atoms with Crippen molar-refractivity contribution in [1.29, 1.82) is 0 Å². The van der Waals surface area contributed by atoms with Gasteiger partial charge in [0, 0.05) is 17.8 Å². The summed E-state index contributed by atoms with van der Waals surface area (Å²) in [5, 5.41) is 9.20. The fourth-order valence-corrected chi connectivity index (χ4v) is 2.36. The van der Waals surface area contributed by atoms with Crippen LogP contribution in [-0.2, 0) is 0 Å². The lowest BCUT2D eigenvalue weighted by Crippen LogP contribution is -2.41. The summed E-state index contributed by atoms with van der Waals surface area (Å²) in [4.78, 5) is 29.3. The molecule has 0 aliphatic rings. The van der Waals surface area contributed by atoms with Crippen LogP contribution in [0, 0.1) is 6.92 Å². The first-order chi connectivity index (χ1) is 11.7. The van der Waals surface area contributed by atoms with E-state index in [1.165, 1.54) is 0 Å². The molecule has 0 radical (unpaired) electrons. The lowest BCUT2D eigenvalue weighted by atomic mass is 10.1. The largest absolute Gasteiger partial charge is 0.360 e. The second kappa shape index (κ2) is 6.04. The number of carbonyl (C=O) groups is 2. The number of pyridine rings is 1. The van der Waals surface area contributed by atoms with Crippen LogP contribution < -0.4 is 10.6 Å². The number of imidazole rings is 1. The summed E-state index contributed by atoms with van der Waals surface area (Å²) < 4.78 is 6.52. The fraction of sp³-hybridized carbons (Fsp3) is 0.294. The van der Waals surface area contributed by atoms with Crippen molar-refractivity contribution in [2.75, 3.05) is 5.32 Å². The molecule has 2 N–H and O–H groups in total. The molecule has 3 rings (SSSR count). The minimum atomic E-state index is -0.466. The Morgan fingerprint density at radius 2 is 1.96 bits per heavy atom. The van der Waals surface area contributed by atoms with Crippen molar-refractivity contribution in [3.8, 4) is 0 Å². The molecule has 25 heavy (non-hydrogen) atoms. The molecule has 8 nitrogen and oxygen atoms in total. The molecule has 0 aliphatic heterocycles. The summed E-state index contributed by atoms with van der Waals surface area (Å²) in [5.41, 5.74) is 0.248. The number of carbonyl (C=O) groups excluding carboxylic acids is 2. The van der Waals surface area contributed by atoms with E-state index in [1.54, 1.807) is 41.8 Å². The van der Waals surface area contributed by atoms with Gasteiger partial charge >= 0.3 is 0 Å². The molecule has 0 aliphatic carbocycles. The molecular weight excluding hydrogens is 322 g/mol. The molecule has 3 heterocycles. The molecule has 8 heteroatoms. The van der Waals surface area contributed by atoms with E-state index in [0.29, 0.717) is 17.1 Å². The van der Waals surface area contributed by atoms with Crippen LogP contribution in [0.3, 0.4) is 0 Å². The maximum atomic E-state index is 12.6. The van der Waals surface area contributed by atoms with Crippen molar-refractivity contribution in [2.45, 2.75) is 33.2 Å². The zero-order valence-electron chi connectivity index (χ0n) is 14.5. The molecule has 3 aromatic rings. The van der Waals surface area contributed by atoms with E-state index in [4.69, 9.17) is 4.52 Å². The van der Waals surface area contributed by atoms with Gasteiger partial charge in [0.15, 0.2) is 11.5 Å². The van der Waals surface area contributed by atoms with Crippen LogP contribution in [0.2, 0.25) is 0 Å². The summed E-state index contributed by atoms with van der Waals surface area (Å²) in [7, 11) is 0. The lowest BCUT2D eigenvalue weighted by Gasteiger charge is -2.19. The summed E-state index contributed by atoms with van der Waals surface area (Å²) in [6, 6.07) is 6.87. The topological polar surface area (TPSA) is 102 Å². The Labute approximate surface area is 144 Å². The second-order valence-corrected chi connectivity index (χ2v) is 6.72. The SMILES string of the molecule is Cc1cc(NC(=O)c2nc(C(=O)NC(C)(C)C)n3ccccc23)no1. The highest BCUT2D eigenvalue weighted by atomic mass is 16.5. The predicted octanol–water partition coefficient (Wildman–Crippen LogP) is 2.41. The van der Waals surface area contributed by atoms with Gasteiger partial charge in [0.1, 0.15) is 5.76 Å². The van der Waals surface area contributed by atoms with Gasteiger partial charge in [-0.15, -0.1) is 0 Å². The van der Waals surface area contributed by atoms with E-state index in [2.05, 4.69) is 20.8 Å². The molecule has 0 unspecified atom stereocenters. The van der Waals surface area contributed by atoms with Crippen LogP contribution in [0.4, 0.5) is 5.82 Å². The van der Waals surface area contributed by atoms with E-state index in [0.717, 1.165) is 0 Å². The first kappa shape index (κ1) is 16.7. The Bertz CT molecular complexity index is 949. The van der Waals surface area contributed by atoms with Crippen molar-refractivity contribution in [1.82, 2.24) is 19.9 Å². The Hall–Kier alpha value is -3.16. The van der Waals surface area contributed by atoms with E-state index in [-0.39, 0.29) is 17.4 Å². The van der Waals surface area contributed by atoms with Gasteiger partial charge in [0.05, 0.1) is 5.52 Å². The average molecular weight is 341 g/mol. The van der Waals surface area contributed by atoms with Crippen LogP contribution in [0.15, 0.2) is 35.0 Å². The monoisotopic (exact) mass is 341 g/mol. The van der Waals surface area contributed by atoms with Crippen LogP contribution in [0.5, 0.6) is 0 Å². The number of rotatable bonds is 3. The van der Waals surface area contributed by atoms with Crippen LogP contribution in [0.1, 0.15) is 47.6 Å². The summed E-state index contributed by atoms with van der Waals surface area (Å²) >= 11 is 0. The maximum absolute atomic E-state index is 12.6.